The molecule has 0 amide bonds. The van der Waals surface area contributed by atoms with Crippen molar-refractivity contribution in [2.45, 2.75) is 39.3 Å². The minimum atomic E-state index is -0.964. The summed E-state index contributed by atoms with van der Waals surface area (Å²) >= 11 is 0. The molecule has 0 aliphatic heterocycles. The van der Waals surface area contributed by atoms with Gasteiger partial charge in [-0.3, -0.25) is 24.3 Å². The Morgan fingerprint density at radius 2 is 2.00 bits per heavy atom. The summed E-state index contributed by atoms with van der Waals surface area (Å²) in [5, 5.41) is 11.7. The van der Waals surface area contributed by atoms with Gasteiger partial charge in [-0.1, -0.05) is 18.2 Å². The number of Topliss-reactive ketones (excluding diaryl/α,β-unsaturated/α-hetero) is 1. The van der Waals surface area contributed by atoms with Gasteiger partial charge in [0.05, 0.1) is 16.5 Å². The molecular formula is C23H21N3O7. The number of ketones is 1. The van der Waals surface area contributed by atoms with E-state index in [4.69, 9.17) is 9.15 Å². The molecule has 170 valence electrons. The molecule has 0 radical (unpaired) electrons. The van der Waals surface area contributed by atoms with Crippen LogP contribution in [0.5, 0.6) is 0 Å². The van der Waals surface area contributed by atoms with Crippen molar-refractivity contribution in [3.63, 3.8) is 0 Å². The topological polar surface area (TPSA) is 137 Å². The molecule has 4 aromatic rings. The number of hydrogen-bond acceptors (Lipinski definition) is 7. The number of nitro groups is 1. The second kappa shape index (κ2) is 8.73. The van der Waals surface area contributed by atoms with E-state index in [1.165, 1.54) is 29.7 Å². The van der Waals surface area contributed by atoms with Crippen LogP contribution in [-0.2, 0) is 16.1 Å². The van der Waals surface area contributed by atoms with Crippen LogP contribution in [0.1, 0.15) is 35.8 Å². The van der Waals surface area contributed by atoms with Gasteiger partial charge in [-0.2, -0.15) is 0 Å². The first-order valence-corrected chi connectivity index (χ1v) is 10.3. The lowest BCUT2D eigenvalue weighted by Gasteiger charge is -2.12. The Morgan fingerprint density at radius 1 is 1.24 bits per heavy atom. The van der Waals surface area contributed by atoms with E-state index in [0.717, 1.165) is 10.9 Å². The third kappa shape index (κ3) is 4.27. The minimum Gasteiger partial charge on any atom is -0.454 e. The van der Waals surface area contributed by atoms with Gasteiger partial charge < -0.3 is 14.1 Å². The number of aromatic nitrogens is 2. The Labute approximate surface area is 186 Å². The summed E-state index contributed by atoms with van der Waals surface area (Å²) in [5.41, 5.74) is 2.35. The van der Waals surface area contributed by atoms with Crippen molar-refractivity contribution in [1.82, 2.24) is 9.55 Å². The Morgan fingerprint density at radius 3 is 2.76 bits per heavy atom. The molecule has 4 rings (SSSR count). The number of nitro benzene ring substituents is 1. The van der Waals surface area contributed by atoms with E-state index < -0.39 is 22.8 Å². The van der Waals surface area contributed by atoms with Crippen LogP contribution in [0.15, 0.2) is 51.7 Å². The maximum absolute atomic E-state index is 12.9. The van der Waals surface area contributed by atoms with Crippen molar-refractivity contribution in [2.75, 3.05) is 0 Å². The molecule has 0 bridgehead atoms. The lowest BCUT2D eigenvalue weighted by Crippen LogP contribution is -2.25. The smallest absolute Gasteiger partial charge is 0.419 e. The number of non-ortho nitro benzene ring substituents is 1. The second-order valence-electron chi connectivity index (χ2n) is 7.70. The Hall–Kier alpha value is -4.21. The molecule has 0 aliphatic carbocycles. The average Bonchev–Trinajstić information content (AvgIpc) is 3.27. The Balaban J connectivity index is 1.38. The maximum atomic E-state index is 12.9. The first-order chi connectivity index (χ1) is 15.8. The summed E-state index contributed by atoms with van der Waals surface area (Å²) in [7, 11) is 0. The van der Waals surface area contributed by atoms with E-state index in [0.29, 0.717) is 16.8 Å². The van der Waals surface area contributed by atoms with Crippen LogP contribution in [0.25, 0.3) is 22.0 Å². The highest BCUT2D eigenvalue weighted by Gasteiger charge is 2.24. The number of fused-ring (bicyclic) bond motifs is 2. The van der Waals surface area contributed by atoms with Gasteiger partial charge in [0.1, 0.15) is 0 Å². The zero-order valence-corrected chi connectivity index (χ0v) is 18.0. The van der Waals surface area contributed by atoms with Gasteiger partial charge in [-0.05, 0) is 32.4 Å². The molecule has 10 nitrogen and oxygen atoms in total. The quantitative estimate of drug-likeness (QED) is 0.186. The average molecular weight is 451 g/mol. The number of H-pyrrole nitrogens is 1. The van der Waals surface area contributed by atoms with Crippen LogP contribution in [0.3, 0.4) is 0 Å². The zero-order valence-electron chi connectivity index (χ0n) is 18.0. The highest BCUT2D eigenvalue weighted by atomic mass is 16.6. The van der Waals surface area contributed by atoms with Crippen LogP contribution in [0, 0.1) is 17.0 Å². The molecule has 0 saturated carbocycles. The normalized spacial score (nSPS) is 12.2. The fraction of sp³-hybridized carbons (Fsp3) is 0.261. The molecule has 33 heavy (non-hydrogen) atoms. The predicted molar refractivity (Wildman–Crippen MR) is 119 cm³/mol. The third-order valence-corrected chi connectivity index (χ3v) is 5.44. The van der Waals surface area contributed by atoms with Crippen LogP contribution < -0.4 is 5.76 Å². The molecule has 1 N–H and O–H groups in total. The number of esters is 1. The van der Waals surface area contributed by atoms with Crippen molar-refractivity contribution < 1.29 is 23.7 Å². The van der Waals surface area contributed by atoms with E-state index in [1.54, 1.807) is 6.92 Å². The molecule has 0 unspecified atom stereocenters. The van der Waals surface area contributed by atoms with Crippen LogP contribution in [0.2, 0.25) is 0 Å². The molecule has 0 spiro atoms. The number of aromatic amines is 1. The van der Waals surface area contributed by atoms with Gasteiger partial charge in [0.25, 0.3) is 5.69 Å². The van der Waals surface area contributed by atoms with Gasteiger partial charge in [0, 0.05) is 41.2 Å². The van der Waals surface area contributed by atoms with Crippen LogP contribution in [-0.4, -0.2) is 32.3 Å². The SMILES string of the molecule is Cc1[nH]c2ccccc2c1C(=O)[C@@H](C)OC(=O)CCCn1c(=O)oc2cc([N+](=O)[O-])ccc21. The number of ether oxygens (including phenoxy) is 1. The Kier molecular flexibility index (Phi) is 5.82. The van der Waals surface area contributed by atoms with E-state index in [2.05, 4.69) is 4.98 Å². The van der Waals surface area contributed by atoms with Gasteiger partial charge in [-0.25, -0.2) is 4.79 Å². The molecule has 1 atom stereocenters. The summed E-state index contributed by atoms with van der Waals surface area (Å²) in [6, 6.07) is 11.3. The fourth-order valence-electron chi connectivity index (χ4n) is 3.87. The third-order valence-electron chi connectivity index (χ3n) is 5.44. The predicted octanol–water partition coefficient (Wildman–Crippen LogP) is 3.89. The summed E-state index contributed by atoms with van der Waals surface area (Å²) in [5.74, 6) is -1.53. The van der Waals surface area contributed by atoms with Crippen molar-refractivity contribution in [2.24, 2.45) is 0 Å². The first-order valence-electron chi connectivity index (χ1n) is 10.3. The van der Waals surface area contributed by atoms with Gasteiger partial charge in [0.2, 0.25) is 5.78 Å². The summed E-state index contributed by atoms with van der Waals surface area (Å²) < 4.78 is 11.7. The molecule has 0 fully saturated rings. The van der Waals surface area contributed by atoms with Crippen LogP contribution in [0.4, 0.5) is 5.69 Å². The zero-order chi connectivity index (χ0) is 23.7. The number of carbonyl (C=O) groups excluding carboxylic acids is 2. The van der Waals surface area contributed by atoms with E-state index in [-0.39, 0.29) is 36.4 Å². The lowest BCUT2D eigenvalue weighted by atomic mass is 10.0. The van der Waals surface area contributed by atoms with Crippen molar-refractivity contribution >= 4 is 39.4 Å². The molecule has 2 aromatic heterocycles. The summed E-state index contributed by atoms with van der Waals surface area (Å²) in [4.78, 5) is 50.8. The van der Waals surface area contributed by atoms with Gasteiger partial charge in [0.15, 0.2) is 11.7 Å². The monoisotopic (exact) mass is 451 g/mol. The largest absolute Gasteiger partial charge is 0.454 e. The summed E-state index contributed by atoms with van der Waals surface area (Å²) in [6.45, 7) is 3.48. The fourth-order valence-corrected chi connectivity index (χ4v) is 3.87. The number of benzene rings is 2. The minimum absolute atomic E-state index is 0.0173. The van der Waals surface area contributed by atoms with Crippen molar-refractivity contribution in [3.8, 4) is 0 Å². The van der Waals surface area contributed by atoms with E-state index in [1.807, 2.05) is 24.3 Å². The highest BCUT2D eigenvalue weighted by Crippen LogP contribution is 2.24. The number of nitrogens with one attached hydrogen (secondary N) is 1. The number of rotatable bonds is 8. The summed E-state index contributed by atoms with van der Waals surface area (Å²) in [6.07, 6.45) is -0.720. The molecule has 0 aliphatic rings. The van der Waals surface area contributed by atoms with Crippen LogP contribution >= 0.6 is 0 Å². The van der Waals surface area contributed by atoms with Gasteiger partial charge in [-0.15, -0.1) is 0 Å². The first kappa shape index (κ1) is 22.0. The maximum Gasteiger partial charge on any atom is 0.419 e. The second-order valence-corrected chi connectivity index (χ2v) is 7.70. The molecule has 0 saturated heterocycles. The molecular weight excluding hydrogens is 430 g/mol. The molecule has 10 heteroatoms. The lowest BCUT2D eigenvalue weighted by molar-refractivity contribution is -0.384. The molecule has 2 aromatic carbocycles. The standard InChI is InChI=1S/C23H21N3O7/c1-13-21(16-6-3-4-7-17(16)24-13)22(28)14(2)32-20(27)8-5-11-25-18-10-9-15(26(30)31)12-19(18)33-23(25)29/h3-4,6-7,9-10,12,14,24H,5,8,11H2,1-2H3/t14-/m1/s1. The number of hydrogen-bond donors (Lipinski definition) is 1. The number of nitrogens with zero attached hydrogens (tertiary/aromatic N) is 2. The number of aryl methyl sites for hydroxylation is 2. The van der Waals surface area contributed by atoms with Gasteiger partial charge >= 0.3 is 11.7 Å². The Bertz CT molecular complexity index is 1440. The highest BCUT2D eigenvalue weighted by molar-refractivity contribution is 6.11. The number of oxazole rings is 1. The molecule has 2 heterocycles. The van der Waals surface area contributed by atoms with Crippen molar-refractivity contribution in [1.29, 1.82) is 0 Å². The van der Waals surface area contributed by atoms with E-state index in [9.17, 15) is 24.5 Å². The van der Waals surface area contributed by atoms with E-state index >= 15 is 0 Å². The van der Waals surface area contributed by atoms with Crippen molar-refractivity contribution in [3.05, 3.63) is 74.4 Å². The number of para-hydroxylation sites is 1. The number of carbonyl (C=O) groups is 2.